The molecule has 1 saturated carbocycles. The number of benzene rings is 1. The Labute approximate surface area is 135 Å². The monoisotopic (exact) mass is 318 g/mol. The predicted molar refractivity (Wildman–Crippen MR) is 85.7 cm³/mol. The molecule has 1 aliphatic rings. The Morgan fingerprint density at radius 3 is 2.57 bits per heavy atom. The van der Waals surface area contributed by atoms with Crippen LogP contribution in [-0.2, 0) is 25.5 Å². The molecule has 0 aliphatic heterocycles. The van der Waals surface area contributed by atoms with Crippen LogP contribution in [0.15, 0.2) is 24.3 Å². The number of ether oxygens (including phenoxy) is 1. The normalized spacial score (nSPS) is 18.9. The van der Waals surface area contributed by atoms with Gasteiger partial charge in [-0.1, -0.05) is 32.0 Å². The van der Waals surface area contributed by atoms with Crippen LogP contribution >= 0.6 is 0 Å². The van der Waals surface area contributed by atoms with Gasteiger partial charge in [-0.05, 0) is 30.4 Å². The van der Waals surface area contributed by atoms with E-state index in [-0.39, 0.29) is 30.9 Å². The smallest absolute Gasteiger partial charge is 0.309 e. The molecular weight excluding hydrogens is 296 g/mol. The fraction of sp³-hybridized carbons (Fsp3) is 0.471. The molecule has 0 saturated heterocycles. The van der Waals surface area contributed by atoms with Crippen molar-refractivity contribution in [3.8, 4) is 0 Å². The van der Waals surface area contributed by atoms with Gasteiger partial charge < -0.3 is 15.4 Å². The third-order valence-corrected chi connectivity index (χ3v) is 3.88. The van der Waals surface area contributed by atoms with Crippen LogP contribution in [-0.4, -0.2) is 30.9 Å². The Bertz CT molecular complexity index is 600. The highest BCUT2D eigenvalue weighted by Crippen LogP contribution is 2.38. The Morgan fingerprint density at radius 2 is 1.91 bits per heavy atom. The Morgan fingerprint density at radius 1 is 1.22 bits per heavy atom. The summed E-state index contributed by atoms with van der Waals surface area (Å²) < 4.78 is 4.90. The third kappa shape index (κ3) is 5.09. The first-order valence-corrected chi connectivity index (χ1v) is 7.82. The maximum Gasteiger partial charge on any atom is 0.309 e. The number of hydrogen-bond donors (Lipinski definition) is 2. The standard InChI is InChI=1S/C17H22N2O4/c1-3-12-6-4-5-7-14(12)19-15(20)9-18-16(21)10-23-17(22)13-8-11(13)2/h4-7,11,13H,3,8-10H2,1-2H3,(H,18,21)(H,19,20)/t11-,13-/m0/s1. The molecule has 124 valence electrons. The lowest BCUT2D eigenvalue weighted by molar-refractivity contribution is -0.150. The molecule has 1 fully saturated rings. The molecule has 2 rings (SSSR count). The minimum Gasteiger partial charge on any atom is -0.455 e. The summed E-state index contributed by atoms with van der Waals surface area (Å²) in [6, 6.07) is 7.50. The third-order valence-electron chi connectivity index (χ3n) is 3.88. The Balaban J connectivity index is 1.69. The zero-order chi connectivity index (χ0) is 16.8. The van der Waals surface area contributed by atoms with E-state index in [1.165, 1.54) is 0 Å². The van der Waals surface area contributed by atoms with Crippen LogP contribution in [0.25, 0.3) is 0 Å². The number of hydrogen-bond acceptors (Lipinski definition) is 4. The van der Waals surface area contributed by atoms with E-state index in [0.717, 1.165) is 24.1 Å². The number of carbonyl (C=O) groups excluding carboxylic acids is 3. The van der Waals surface area contributed by atoms with Gasteiger partial charge in [0.25, 0.3) is 5.91 Å². The molecule has 0 radical (unpaired) electrons. The number of esters is 1. The van der Waals surface area contributed by atoms with Gasteiger partial charge in [0.2, 0.25) is 5.91 Å². The van der Waals surface area contributed by atoms with Gasteiger partial charge in [0.15, 0.2) is 6.61 Å². The van der Waals surface area contributed by atoms with Crippen LogP contribution in [0.4, 0.5) is 5.69 Å². The van der Waals surface area contributed by atoms with E-state index in [4.69, 9.17) is 4.74 Å². The van der Waals surface area contributed by atoms with E-state index < -0.39 is 5.91 Å². The largest absolute Gasteiger partial charge is 0.455 e. The zero-order valence-corrected chi connectivity index (χ0v) is 13.4. The number of rotatable bonds is 7. The second kappa shape index (κ2) is 7.76. The highest BCUT2D eigenvalue weighted by molar-refractivity contribution is 5.95. The topological polar surface area (TPSA) is 84.5 Å². The van der Waals surface area contributed by atoms with Crippen molar-refractivity contribution in [3.63, 3.8) is 0 Å². The summed E-state index contributed by atoms with van der Waals surface area (Å²) in [5.74, 6) is -0.868. The van der Waals surface area contributed by atoms with Gasteiger partial charge in [-0.3, -0.25) is 14.4 Å². The zero-order valence-electron chi connectivity index (χ0n) is 13.4. The van der Waals surface area contributed by atoms with E-state index in [1.807, 2.05) is 38.1 Å². The predicted octanol–water partition coefficient (Wildman–Crippen LogP) is 1.50. The van der Waals surface area contributed by atoms with Crippen molar-refractivity contribution >= 4 is 23.5 Å². The van der Waals surface area contributed by atoms with Crippen molar-refractivity contribution in [1.29, 1.82) is 0 Å². The minimum absolute atomic E-state index is 0.0726. The highest BCUT2D eigenvalue weighted by atomic mass is 16.5. The molecule has 1 aliphatic carbocycles. The van der Waals surface area contributed by atoms with E-state index in [0.29, 0.717) is 5.92 Å². The lowest BCUT2D eigenvalue weighted by Crippen LogP contribution is -2.35. The summed E-state index contributed by atoms with van der Waals surface area (Å²) in [6.07, 6.45) is 1.62. The number of aryl methyl sites for hydroxylation is 1. The van der Waals surface area contributed by atoms with E-state index >= 15 is 0 Å². The first kappa shape index (κ1) is 17.0. The molecule has 2 amide bonds. The van der Waals surface area contributed by atoms with E-state index in [1.54, 1.807) is 0 Å². The van der Waals surface area contributed by atoms with Crippen molar-refractivity contribution in [2.45, 2.75) is 26.7 Å². The van der Waals surface area contributed by atoms with Crippen LogP contribution < -0.4 is 10.6 Å². The summed E-state index contributed by atoms with van der Waals surface area (Å²) in [6.45, 7) is 3.46. The summed E-state index contributed by atoms with van der Waals surface area (Å²) >= 11 is 0. The number of nitrogens with one attached hydrogen (secondary N) is 2. The first-order chi connectivity index (χ1) is 11.0. The average Bonchev–Trinajstić information content (AvgIpc) is 3.28. The molecule has 1 aromatic carbocycles. The van der Waals surface area contributed by atoms with Crippen LogP contribution in [0.5, 0.6) is 0 Å². The second-order valence-corrected chi connectivity index (χ2v) is 5.76. The molecule has 23 heavy (non-hydrogen) atoms. The molecule has 2 atom stereocenters. The SMILES string of the molecule is CCc1ccccc1NC(=O)CNC(=O)COC(=O)[C@H]1C[C@@H]1C. The van der Waals surface area contributed by atoms with Crippen LogP contribution in [0.1, 0.15) is 25.8 Å². The average molecular weight is 318 g/mol. The van der Waals surface area contributed by atoms with Crippen molar-refractivity contribution in [3.05, 3.63) is 29.8 Å². The highest BCUT2D eigenvalue weighted by Gasteiger charge is 2.40. The van der Waals surface area contributed by atoms with Crippen molar-refractivity contribution < 1.29 is 19.1 Å². The molecule has 6 nitrogen and oxygen atoms in total. The molecular formula is C17H22N2O4. The molecule has 0 aromatic heterocycles. The molecule has 0 unspecified atom stereocenters. The van der Waals surface area contributed by atoms with Gasteiger partial charge in [0, 0.05) is 5.69 Å². The number of para-hydroxylation sites is 1. The molecule has 0 bridgehead atoms. The first-order valence-electron chi connectivity index (χ1n) is 7.82. The van der Waals surface area contributed by atoms with Gasteiger partial charge in [-0.15, -0.1) is 0 Å². The fourth-order valence-corrected chi connectivity index (χ4v) is 2.27. The fourth-order valence-electron chi connectivity index (χ4n) is 2.27. The second-order valence-electron chi connectivity index (χ2n) is 5.76. The van der Waals surface area contributed by atoms with Gasteiger partial charge >= 0.3 is 5.97 Å². The number of carbonyl (C=O) groups is 3. The molecule has 0 spiro atoms. The molecule has 6 heteroatoms. The van der Waals surface area contributed by atoms with Crippen LogP contribution in [0, 0.1) is 11.8 Å². The van der Waals surface area contributed by atoms with Gasteiger partial charge in [-0.2, -0.15) is 0 Å². The van der Waals surface area contributed by atoms with Gasteiger partial charge in [0.05, 0.1) is 12.5 Å². The van der Waals surface area contributed by atoms with Crippen LogP contribution in [0.2, 0.25) is 0 Å². The quantitative estimate of drug-likeness (QED) is 0.746. The van der Waals surface area contributed by atoms with E-state index in [2.05, 4.69) is 10.6 Å². The molecule has 1 aromatic rings. The summed E-state index contributed by atoms with van der Waals surface area (Å²) in [7, 11) is 0. The maximum absolute atomic E-state index is 11.9. The minimum atomic E-state index is -0.481. The Hall–Kier alpha value is -2.37. The Kier molecular flexibility index (Phi) is 5.73. The summed E-state index contributed by atoms with van der Waals surface area (Å²) in [5.41, 5.74) is 1.77. The lowest BCUT2D eigenvalue weighted by Gasteiger charge is -2.10. The number of amides is 2. The lowest BCUT2D eigenvalue weighted by atomic mass is 10.1. The summed E-state index contributed by atoms with van der Waals surface area (Å²) in [4.78, 5) is 34.9. The molecule has 2 N–H and O–H groups in total. The van der Waals surface area contributed by atoms with Crippen LogP contribution in [0.3, 0.4) is 0 Å². The molecule has 0 heterocycles. The van der Waals surface area contributed by atoms with Crippen molar-refractivity contribution in [2.75, 3.05) is 18.5 Å². The van der Waals surface area contributed by atoms with Gasteiger partial charge in [0.1, 0.15) is 0 Å². The van der Waals surface area contributed by atoms with Gasteiger partial charge in [-0.25, -0.2) is 0 Å². The summed E-state index contributed by atoms with van der Waals surface area (Å²) in [5, 5.41) is 5.19. The maximum atomic E-state index is 11.9. The van der Waals surface area contributed by atoms with Crippen molar-refractivity contribution in [1.82, 2.24) is 5.32 Å². The number of anilines is 1. The van der Waals surface area contributed by atoms with Crippen molar-refractivity contribution in [2.24, 2.45) is 11.8 Å². The van der Waals surface area contributed by atoms with E-state index in [9.17, 15) is 14.4 Å².